The lowest BCUT2D eigenvalue weighted by Crippen LogP contribution is -2.67. The summed E-state index contributed by atoms with van der Waals surface area (Å²) in [6.07, 6.45) is 6.23. The number of likely N-dealkylation sites (N-methyl/N-ethyl adjacent to an activating group) is 1. The third kappa shape index (κ3) is 3.11. The van der Waals surface area contributed by atoms with Gasteiger partial charge in [0.15, 0.2) is 0 Å². The molecule has 2 aliphatic heterocycles. The number of methoxy groups -OCH3 is 1. The molecule has 1 atom stereocenters. The van der Waals surface area contributed by atoms with Crippen LogP contribution >= 0.6 is 0 Å². The van der Waals surface area contributed by atoms with Gasteiger partial charge in [0.1, 0.15) is 17.9 Å². The number of ether oxygens (including phenoxy) is 2. The van der Waals surface area contributed by atoms with Crippen LogP contribution in [0, 0.1) is 5.92 Å². The van der Waals surface area contributed by atoms with Gasteiger partial charge in [-0.3, -0.25) is 9.88 Å². The summed E-state index contributed by atoms with van der Waals surface area (Å²) in [5, 5.41) is 0. The van der Waals surface area contributed by atoms with E-state index in [1.807, 2.05) is 18.2 Å². The van der Waals surface area contributed by atoms with Crippen molar-refractivity contribution in [2.75, 3.05) is 45.3 Å². The van der Waals surface area contributed by atoms with Crippen molar-refractivity contribution in [3.63, 3.8) is 0 Å². The minimum Gasteiger partial charge on any atom is -0.492 e. The second-order valence-corrected chi connectivity index (χ2v) is 6.95. The number of pyridine rings is 1. The zero-order valence-electron chi connectivity index (χ0n) is 14.6. The van der Waals surface area contributed by atoms with Crippen molar-refractivity contribution in [3.05, 3.63) is 36.9 Å². The molecule has 0 aliphatic carbocycles. The molecule has 4 rings (SSSR count). The van der Waals surface area contributed by atoms with Crippen molar-refractivity contribution in [2.45, 2.75) is 12.0 Å². The maximum atomic E-state index is 5.90. The summed E-state index contributed by atoms with van der Waals surface area (Å²) in [5.74, 6) is 2.91. The monoisotopic (exact) mass is 341 g/mol. The number of likely N-dealkylation sites (tertiary alicyclic amines) is 1. The van der Waals surface area contributed by atoms with E-state index in [2.05, 4.69) is 31.8 Å². The minimum atomic E-state index is 0.223. The van der Waals surface area contributed by atoms with Crippen LogP contribution in [0.25, 0.3) is 0 Å². The average molecular weight is 341 g/mol. The van der Waals surface area contributed by atoms with Crippen molar-refractivity contribution in [1.29, 1.82) is 0 Å². The first-order chi connectivity index (χ1) is 12.2. The molecule has 1 spiro atoms. The number of hydrogen-bond donors (Lipinski definition) is 0. The predicted molar refractivity (Wildman–Crippen MR) is 94.0 cm³/mol. The lowest BCUT2D eigenvalue weighted by molar-refractivity contribution is 0.132. The number of hydrogen-bond acceptors (Lipinski definition) is 7. The third-order valence-corrected chi connectivity index (χ3v) is 5.26. The zero-order valence-corrected chi connectivity index (χ0v) is 14.6. The maximum absolute atomic E-state index is 5.90. The Labute approximate surface area is 147 Å². The Morgan fingerprint density at radius 3 is 2.96 bits per heavy atom. The smallest absolute Gasteiger partial charge is 0.218 e. The van der Waals surface area contributed by atoms with E-state index in [0.717, 1.165) is 44.2 Å². The average Bonchev–Trinajstić information content (AvgIpc) is 2.96. The molecule has 2 aliphatic rings. The molecule has 0 amide bonds. The van der Waals surface area contributed by atoms with Crippen molar-refractivity contribution < 1.29 is 9.47 Å². The molecule has 25 heavy (non-hydrogen) atoms. The molecular formula is C18H23N5O2. The Morgan fingerprint density at radius 1 is 1.32 bits per heavy atom. The molecule has 0 radical (unpaired) electrons. The molecule has 0 N–H and O–H groups in total. The zero-order chi connectivity index (χ0) is 17.3. The standard InChI is InChI=1S/C18H23N5O2/c1-22-9-14(10-25-15-4-3-5-19-8-15)7-18(22)11-23(12-18)16-6-17(24-2)21-13-20-16/h3-6,8,13-14H,7,9-12H2,1-2H3/t14-/m0/s1. The summed E-state index contributed by atoms with van der Waals surface area (Å²) in [6, 6.07) is 5.75. The van der Waals surface area contributed by atoms with E-state index in [4.69, 9.17) is 9.47 Å². The lowest BCUT2D eigenvalue weighted by Gasteiger charge is -2.52. The SMILES string of the molecule is COc1cc(N2CC3(C[C@H](COc4cccnc4)CN3C)C2)ncn1. The molecular weight excluding hydrogens is 318 g/mol. The van der Waals surface area contributed by atoms with E-state index in [1.165, 1.54) is 0 Å². The molecule has 7 heteroatoms. The van der Waals surface area contributed by atoms with Gasteiger partial charge in [0.05, 0.1) is 25.5 Å². The highest BCUT2D eigenvalue weighted by Gasteiger charge is 2.52. The van der Waals surface area contributed by atoms with Crippen LogP contribution in [0.4, 0.5) is 5.82 Å². The van der Waals surface area contributed by atoms with Crippen molar-refractivity contribution in [2.24, 2.45) is 5.92 Å². The van der Waals surface area contributed by atoms with E-state index in [9.17, 15) is 0 Å². The first kappa shape index (κ1) is 16.1. The van der Waals surface area contributed by atoms with Crippen LogP contribution in [0.3, 0.4) is 0 Å². The van der Waals surface area contributed by atoms with Crippen LogP contribution < -0.4 is 14.4 Å². The summed E-state index contributed by atoms with van der Waals surface area (Å²) in [7, 11) is 3.84. The minimum absolute atomic E-state index is 0.223. The number of aromatic nitrogens is 3. The van der Waals surface area contributed by atoms with Gasteiger partial charge in [0, 0.05) is 37.8 Å². The summed E-state index contributed by atoms with van der Waals surface area (Å²) in [5.41, 5.74) is 0.223. The Morgan fingerprint density at radius 2 is 2.20 bits per heavy atom. The second kappa shape index (κ2) is 6.48. The fourth-order valence-corrected chi connectivity index (χ4v) is 3.91. The molecule has 2 saturated heterocycles. The number of rotatable bonds is 5. The summed E-state index contributed by atoms with van der Waals surface area (Å²) in [6.45, 7) is 3.75. The second-order valence-electron chi connectivity index (χ2n) is 6.95. The lowest BCUT2D eigenvalue weighted by atomic mass is 9.84. The largest absolute Gasteiger partial charge is 0.492 e. The van der Waals surface area contributed by atoms with E-state index in [-0.39, 0.29) is 5.54 Å². The molecule has 0 bridgehead atoms. The van der Waals surface area contributed by atoms with Gasteiger partial charge in [-0.2, -0.15) is 0 Å². The maximum Gasteiger partial charge on any atom is 0.218 e. The van der Waals surface area contributed by atoms with Crippen LogP contribution in [-0.2, 0) is 0 Å². The molecule has 2 fully saturated rings. The molecule has 4 heterocycles. The molecule has 7 nitrogen and oxygen atoms in total. The van der Waals surface area contributed by atoms with Crippen LogP contribution in [-0.4, -0.2) is 65.8 Å². The van der Waals surface area contributed by atoms with Crippen LogP contribution in [0.1, 0.15) is 6.42 Å². The topological polar surface area (TPSA) is 63.6 Å². The van der Waals surface area contributed by atoms with E-state index in [1.54, 1.807) is 25.8 Å². The Hall–Kier alpha value is -2.41. The molecule has 0 saturated carbocycles. The molecule has 0 unspecified atom stereocenters. The highest BCUT2D eigenvalue weighted by Crippen LogP contribution is 2.41. The van der Waals surface area contributed by atoms with Gasteiger partial charge in [-0.25, -0.2) is 9.97 Å². The first-order valence-electron chi connectivity index (χ1n) is 8.54. The van der Waals surface area contributed by atoms with Crippen LogP contribution in [0.15, 0.2) is 36.9 Å². The fourth-order valence-electron chi connectivity index (χ4n) is 3.91. The molecule has 0 aromatic carbocycles. The van der Waals surface area contributed by atoms with Crippen LogP contribution in [0.2, 0.25) is 0 Å². The Kier molecular flexibility index (Phi) is 4.17. The predicted octanol–water partition coefficient (Wildman–Crippen LogP) is 1.47. The molecule has 132 valence electrons. The van der Waals surface area contributed by atoms with Gasteiger partial charge in [-0.1, -0.05) is 0 Å². The Balaban J connectivity index is 1.34. The van der Waals surface area contributed by atoms with Crippen molar-refractivity contribution >= 4 is 5.82 Å². The van der Waals surface area contributed by atoms with Gasteiger partial charge in [0.25, 0.3) is 0 Å². The third-order valence-electron chi connectivity index (χ3n) is 5.26. The molecule has 2 aromatic heterocycles. The number of nitrogens with zero attached hydrogens (tertiary/aromatic N) is 5. The van der Waals surface area contributed by atoms with Crippen LogP contribution in [0.5, 0.6) is 11.6 Å². The first-order valence-corrected chi connectivity index (χ1v) is 8.54. The number of anilines is 1. The highest BCUT2D eigenvalue weighted by molar-refractivity contribution is 5.46. The van der Waals surface area contributed by atoms with E-state index < -0.39 is 0 Å². The van der Waals surface area contributed by atoms with Gasteiger partial charge in [-0.15, -0.1) is 0 Å². The normalized spacial score (nSPS) is 22.0. The summed E-state index contributed by atoms with van der Waals surface area (Å²) < 4.78 is 11.1. The summed E-state index contributed by atoms with van der Waals surface area (Å²) in [4.78, 5) is 17.3. The van der Waals surface area contributed by atoms with Crippen molar-refractivity contribution in [1.82, 2.24) is 19.9 Å². The van der Waals surface area contributed by atoms with E-state index >= 15 is 0 Å². The summed E-state index contributed by atoms with van der Waals surface area (Å²) >= 11 is 0. The van der Waals surface area contributed by atoms with Gasteiger partial charge >= 0.3 is 0 Å². The Bertz CT molecular complexity index is 720. The molecule has 2 aromatic rings. The van der Waals surface area contributed by atoms with E-state index in [0.29, 0.717) is 11.8 Å². The van der Waals surface area contributed by atoms with Gasteiger partial charge < -0.3 is 14.4 Å². The fraction of sp³-hybridized carbons (Fsp3) is 0.500. The van der Waals surface area contributed by atoms with Gasteiger partial charge in [-0.05, 0) is 25.6 Å². The highest BCUT2D eigenvalue weighted by atomic mass is 16.5. The quantitative estimate of drug-likeness (QED) is 0.816. The van der Waals surface area contributed by atoms with Crippen molar-refractivity contribution in [3.8, 4) is 11.6 Å². The van der Waals surface area contributed by atoms with Gasteiger partial charge in [0.2, 0.25) is 5.88 Å².